The third kappa shape index (κ3) is 17.9. The lowest BCUT2D eigenvalue weighted by atomic mass is 9.96. The van der Waals surface area contributed by atoms with Crippen molar-refractivity contribution in [2.75, 3.05) is 20.3 Å². The lowest BCUT2D eigenvalue weighted by Gasteiger charge is -2.23. The van der Waals surface area contributed by atoms with Crippen LogP contribution in [0.15, 0.2) is 107 Å². The van der Waals surface area contributed by atoms with Gasteiger partial charge in [-0.15, -0.1) is 0 Å². The molecule has 260 valence electrons. The van der Waals surface area contributed by atoms with Crippen LogP contribution >= 0.6 is 0 Å². The Kier molecular flexibility index (Phi) is 20.3. The van der Waals surface area contributed by atoms with Crippen LogP contribution in [0.25, 0.3) is 0 Å². The minimum absolute atomic E-state index is 0.00581. The van der Waals surface area contributed by atoms with Gasteiger partial charge in [0.05, 0.1) is 18.6 Å². The first kappa shape index (κ1) is 41.5. The van der Waals surface area contributed by atoms with Crippen LogP contribution in [0.1, 0.15) is 81.6 Å². The SMILES string of the molecule is CO[C@@H]1/C=C/C=C/[C@H](C)[C@@H](/C(C)=C/C=C(\C)CNC(=O)[C@@H](C)CO)OC(=O)/C(C)=C/[C@H](C)/C=C/C(C)=C/[C@@H](C)C/C=C/C(C)=C\CC1. The summed E-state index contributed by atoms with van der Waals surface area (Å²) in [6.45, 7) is 18.1. The second-order valence-electron chi connectivity index (χ2n) is 13.1. The van der Waals surface area contributed by atoms with Gasteiger partial charge >= 0.3 is 5.97 Å². The molecule has 0 bridgehead atoms. The number of rotatable bonds is 7. The van der Waals surface area contributed by atoms with Crippen molar-refractivity contribution in [3.63, 3.8) is 0 Å². The number of allylic oxidation sites excluding steroid dienone is 13. The molecule has 0 saturated carbocycles. The first-order chi connectivity index (χ1) is 22.3. The van der Waals surface area contributed by atoms with Crippen LogP contribution in [0, 0.1) is 23.7 Å². The molecule has 0 fully saturated rings. The number of aliphatic hydroxyl groups is 1. The van der Waals surface area contributed by atoms with Gasteiger partial charge in [0.15, 0.2) is 0 Å². The molecular formula is C41H61NO5. The lowest BCUT2D eigenvalue weighted by molar-refractivity contribution is -0.144. The zero-order valence-electron chi connectivity index (χ0n) is 30.6. The molecule has 0 aromatic heterocycles. The standard InChI is InChI=1S/C41H61NO5/c1-29-15-13-17-30(2)25-31(3)21-22-32(4)26-36(8)41(45)47-39(34(6)18-11-12-19-38(46-10)20-14-16-29)35(7)24-23-33(5)27-42-40(44)37(9)28-43/h11-13,15-16,18-19,21-26,30,32,34,37-39,43H,14,17,20,27-28H2,1-10H3,(H,42,44)/b15-13+,18-11+,19-12+,22-21+,29-16-,31-25+,33-23+,35-24+,36-26+/t30-,32+,34-,37-,38+,39-/m0/s1. The van der Waals surface area contributed by atoms with Crippen LogP contribution in [0.4, 0.5) is 0 Å². The second kappa shape index (κ2) is 22.9. The molecule has 1 aliphatic heterocycles. The van der Waals surface area contributed by atoms with Gasteiger partial charge in [-0.2, -0.15) is 0 Å². The highest BCUT2D eigenvalue weighted by Crippen LogP contribution is 2.21. The van der Waals surface area contributed by atoms with Gasteiger partial charge in [-0.1, -0.05) is 123 Å². The topological polar surface area (TPSA) is 84.9 Å². The molecular weight excluding hydrogens is 586 g/mol. The molecule has 6 nitrogen and oxygen atoms in total. The Morgan fingerprint density at radius 1 is 1.04 bits per heavy atom. The first-order valence-electron chi connectivity index (χ1n) is 17.0. The number of cyclic esters (lactones) is 1. The van der Waals surface area contributed by atoms with Gasteiger partial charge < -0.3 is 19.9 Å². The van der Waals surface area contributed by atoms with Crippen molar-refractivity contribution in [2.45, 2.75) is 93.8 Å². The summed E-state index contributed by atoms with van der Waals surface area (Å²) in [6.07, 6.45) is 29.4. The number of ether oxygens (including phenoxy) is 2. The number of amides is 1. The molecule has 0 aliphatic carbocycles. The van der Waals surface area contributed by atoms with E-state index < -0.39 is 12.0 Å². The Hall–Kier alpha value is -3.48. The van der Waals surface area contributed by atoms with Crippen molar-refractivity contribution in [3.05, 3.63) is 107 Å². The molecule has 0 aromatic carbocycles. The van der Waals surface area contributed by atoms with E-state index in [9.17, 15) is 14.7 Å². The van der Waals surface area contributed by atoms with Crippen LogP contribution in [0.2, 0.25) is 0 Å². The number of carbonyl (C=O) groups excluding carboxylic acids is 2. The maximum atomic E-state index is 13.3. The summed E-state index contributed by atoms with van der Waals surface area (Å²) in [5.41, 5.74) is 4.83. The van der Waals surface area contributed by atoms with Crippen LogP contribution in [-0.2, 0) is 19.1 Å². The Balaban J connectivity index is 3.37. The van der Waals surface area contributed by atoms with Gasteiger partial charge in [0.25, 0.3) is 0 Å². The van der Waals surface area contributed by atoms with Crippen LogP contribution < -0.4 is 5.32 Å². The zero-order valence-corrected chi connectivity index (χ0v) is 30.6. The molecule has 1 aliphatic rings. The summed E-state index contributed by atoms with van der Waals surface area (Å²) in [5.74, 6) is -0.644. The number of hydrogen-bond donors (Lipinski definition) is 2. The first-order valence-corrected chi connectivity index (χ1v) is 17.0. The molecule has 1 heterocycles. The van der Waals surface area contributed by atoms with Crippen LogP contribution in [-0.4, -0.2) is 49.5 Å². The monoisotopic (exact) mass is 647 g/mol. The average Bonchev–Trinajstić information content (AvgIpc) is 3.03. The molecule has 1 amide bonds. The van der Waals surface area contributed by atoms with Crippen molar-refractivity contribution in [2.24, 2.45) is 23.7 Å². The van der Waals surface area contributed by atoms with Crippen molar-refractivity contribution in [3.8, 4) is 0 Å². The molecule has 0 saturated heterocycles. The van der Waals surface area contributed by atoms with E-state index in [-0.39, 0.29) is 36.4 Å². The van der Waals surface area contributed by atoms with Gasteiger partial charge in [0, 0.05) is 25.1 Å². The molecule has 6 atom stereocenters. The summed E-state index contributed by atoms with van der Waals surface area (Å²) in [5, 5.41) is 12.1. The second-order valence-corrected chi connectivity index (χ2v) is 13.1. The molecule has 0 unspecified atom stereocenters. The summed E-state index contributed by atoms with van der Waals surface area (Å²) in [6, 6.07) is 0. The van der Waals surface area contributed by atoms with Crippen molar-refractivity contribution < 1.29 is 24.2 Å². The predicted octanol–water partition coefficient (Wildman–Crippen LogP) is 8.71. The minimum atomic E-state index is -0.494. The van der Waals surface area contributed by atoms with E-state index in [1.165, 1.54) is 11.1 Å². The highest BCUT2D eigenvalue weighted by atomic mass is 16.5. The number of aliphatic hydroxyl groups excluding tert-OH is 1. The summed E-state index contributed by atoms with van der Waals surface area (Å²) < 4.78 is 11.8. The number of carbonyl (C=O) groups is 2. The number of esters is 1. The molecule has 1 rings (SSSR count). The Morgan fingerprint density at radius 2 is 1.74 bits per heavy atom. The highest BCUT2D eigenvalue weighted by Gasteiger charge is 2.22. The predicted molar refractivity (Wildman–Crippen MR) is 197 cm³/mol. The summed E-state index contributed by atoms with van der Waals surface area (Å²) in [4.78, 5) is 25.4. The number of nitrogens with one attached hydrogen (secondary N) is 1. The fourth-order valence-electron chi connectivity index (χ4n) is 4.96. The molecule has 0 aromatic rings. The molecule has 47 heavy (non-hydrogen) atoms. The highest BCUT2D eigenvalue weighted by molar-refractivity contribution is 5.88. The third-order valence-electron chi connectivity index (χ3n) is 8.06. The van der Waals surface area contributed by atoms with Crippen molar-refractivity contribution >= 4 is 11.9 Å². The average molecular weight is 648 g/mol. The van der Waals surface area contributed by atoms with Crippen LogP contribution in [0.3, 0.4) is 0 Å². The molecule has 2 N–H and O–H groups in total. The van der Waals surface area contributed by atoms with Gasteiger partial charge in [0.1, 0.15) is 6.10 Å². The smallest absolute Gasteiger partial charge is 0.334 e. The minimum Gasteiger partial charge on any atom is -0.454 e. The van der Waals surface area contributed by atoms with E-state index >= 15 is 0 Å². The van der Waals surface area contributed by atoms with Crippen molar-refractivity contribution in [1.82, 2.24) is 5.32 Å². The number of methoxy groups -OCH3 is 1. The maximum absolute atomic E-state index is 13.3. The quantitative estimate of drug-likeness (QED) is 0.213. The molecule has 6 heteroatoms. The Labute approximate surface area is 285 Å². The fraction of sp³-hybridized carbons (Fsp3) is 0.512. The maximum Gasteiger partial charge on any atom is 0.334 e. The number of hydrogen-bond acceptors (Lipinski definition) is 5. The van der Waals surface area contributed by atoms with Gasteiger partial charge in [-0.3, -0.25) is 4.79 Å². The third-order valence-corrected chi connectivity index (χ3v) is 8.06. The van der Waals surface area contributed by atoms with Crippen LogP contribution in [0.5, 0.6) is 0 Å². The van der Waals surface area contributed by atoms with E-state index in [1.807, 2.05) is 57.2 Å². The van der Waals surface area contributed by atoms with E-state index in [4.69, 9.17) is 9.47 Å². The lowest BCUT2D eigenvalue weighted by Crippen LogP contribution is -2.32. The van der Waals surface area contributed by atoms with E-state index in [2.05, 4.69) is 75.5 Å². The van der Waals surface area contributed by atoms with E-state index in [1.54, 1.807) is 21.0 Å². The largest absolute Gasteiger partial charge is 0.454 e. The van der Waals surface area contributed by atoms with Crippen molar-refractivity contribution in [1.29, 1.82) is 0 Å². The zero-order chi connectivity index (χ0) is 35.4. The fourth-order valence-corrected chi connectivity index (χ4v) is 4.96. The van der Waals surface area contributed by atoms with Gasteiger partial charge in [0.2, 0.25) is 5.91 Å². The van der Waals surface area contributed by atoms with E-state index in [0.717, 1.165) is 30.4 Å². The van der Waals surface area contributed by atoms with Gasteiger partial charge in [-0.25, -0.2) is 4.79 Å². The van der Waals surface area contributed by atoms with E-state index in [0.29, 0.717) is 18.0 Å². The molecule has 0 spiro atoms. The normalized spacial score (nSPS) is 31.7. The summed E-state index contributed by atoms with van der Waals surface area (Å²) >= 11 is 0. The molecule has 0 radical (unpaired) electrons. The summed E-state index contributed by atoms with van der Waals surface area (Å²) in [7, 11) is 1.73. The van der Waals surface area contributed by atoms with Gasteiger partial charge in [-0.05, 0) is 71.3 Å². The Morgan fingerprint density at radius 3 is 2.43 bits per heavy atom. The Bertz CT molecular complexity index is 1270.